The highest BCUT2D eigenvalue weighted by atomic mass is 19.4. The number of amides is 1. The van der Waals surface area contributed by atoms with Gasteiger partial charge in [0.15, 0.2) is 23.1 Å². The molecule has 2 atom stereocenters. The van der Waals surface area contributed by atoms with Gasteiger partial charge in [-0.2, -0.15) is 61.5 Å². The molecule has 0 aliphatic rings. The minimum atomic E-state index is -5.03. The van der Waals surface area contributed by atoms with Crippen molar-refractivity contribution in [3.8, 4) is 23.0 Å². The number of benzene rings is 6. The van der Waals surface area contributed by atoms with Crippen molar-refractivity contribution in [2.24, 2.45) is 5.73 Å². The Balaban J connectivity index is 0.000000323. The summed E-state index contributed by atoms with van der Waals surface area (Å²) in [5.41, 5.74) is 4.05. The van der Waals surface area contributed by atoms with Crippen LogP contribution in [0.5, 0.6) is 23.0 Å². The summed E-state index contributed by atoms with van der Waals surface area (Å²) in [6.45, 7) is 6.57. The van der Waals surface area contributed by atoms with Crippen LogP contribution in [0.1, 0.15) is 86.8 Å². The Labute approximate surface area is 474 Å². The van der Waals surface area contributed by atoms with Gasteiger partial charge in [-0.1, -0.05) is 72.8 Å². The van der Waals surface area contributed by atoms with Gasteiger partial charge in [-0.25, -0.2) is 17.6 Å². The van der Waals surface area contributed by atoms with Crippen LogP contribution in [0.25, 0.3) is 0 Å². The van der Waals surface area contributed by atoms with Crippen molar-refractivity contribution < 1.29 is 113 Å². The fraction of sp³-hybridized carbons (Fsp3) is 0.345. The number of carboxylic acids is 1. The summed E-state index contributed by atoms with van der Waals surface area (Å²) in [6.07, 6.45) is -33.2. The van der Waals surface area contributed by atoms with E-state index in [1.165, 1.54) is 12.1 Å². The Morgan fingerprint density at radius 2 is 0.906 bits per heavy atom. The minimum Gasteiger partial charge on any atom is -0.488 e. The van der Waals surface area contributed by atoms with Gasteiger partial charge in [0.2, 0.25) is 5.91 Å². The minimum absolute atomic E-state index is 0.0364. The summed E-state index contributed by atoms with van der Waals surface area (Å²) in [5, 5.41) is 10.2. The van der Waals surface area contributed by atoms with Crippen LogP contribution in [0.3, 0.4) is 0 Å². The number of carbonyl (C=O) groups is 2. The third-order valence-electron chi connectivity index (χ3n) is 11.6. The molecule has 4 N–H and O–H groups in total. The fourth-order valence-corrected chi connectivity index (χ4v) is 7.94. The van der Waals surface area contributed by atoms with Crippen LogP contribution in [0.2, 0.25) is 0 Å². The number of rotatable bonds is 23. The van der Waals surface area contributed by atoms with Gasteiger partial charge in [-0.3, -0.25) is 9.59 Å². The number of halogens is 18. The Morgan fingerprint density at radius 1 is 0.506 bits per heavy atom. The predicted octanol–water partition coefficient (Wildman–Crippen LogP) is 15.8. The third kappa shape index (κ3) is 21.6. The van der Waals surface area contributed by atoms with Crippen LogP contribution in [0.15, 0.2) is 133 Å². The van der Waals surface area contributed by atoms with Crippen LogP contribution < -0.4 is 30.0 Å². The van der Waals surface area contributed by atoms with Crippen molar-refractivity contribution >= 4 is 11.9 Å². The third-order valence-corrected chi connectivity index (χ3v) is 11.6. The zero-order valence-corrected chi connectivity index (χ0v) is 45.0. The monoisotopic (exact) mass is 1230 g/mol. The lowest BCUT2D eigenvalue weighted by Gasteiger charge is -2.37. The zero-order chi connectivity index (χ0) is 63.9. The van der Waals surface area contributed by atoms with E-state index in [9.17, 15) is 88.6 Å². The van der Waals surface area contributed by atoms with Gasteiger partial charge in [0, 0.05) is 25.0 Å². The second-order valence-corrected chi connectivity index (χ2v) is 19.3. The SMILES string of the molecule is CC(C)Oc1cc([C@@](Cc2ccccc2)(NC(=O)CCC(F)(F)F)c2cc(F)cc(OC(F)(F)C(F)F)c2)ccc1F.CC(C)Oc1cc([C@](N)(Cc2ccccc2)c2cc(F)cc(OC(F)(F)C(F)F)c2)ccc1F.O=C(O)CCC(F)(F)F. The van der Waals surface area contributed by atoms with Crippen molar-refractivity contribution in [3.05, 3.63) is 190 Å². The zero-order valence-electron chi connectivity index (χ0n) is 45.0. The maximum absolute atomic E-state index is 14.9. The molecule has 0 bridgehead atoms. The average molecular weight is 1230 g/mol. The Morgan fingerprint density at radius 3 is 1.32 bits per heavy atom. The van der Waals surface area contributed by atoms with Crippen LogP contribution in [-0.2, 0) is 33.5 Å². The lowest BCUT2D eigenvalue weighted by Crippen LogP contribution is -2.49. The van der Waals surface area contributed by atoms with E-state index >= 15 is 0 Å². The summed E-state index contributed by atoms with van der Waals surface area (Å²) < 4.78 is 255. The van der Waals surface area contributed by atoms with Crippen molar-refractivity contribution in [2.75, 3.05) is 0 Å². The molecular weight excluding hydrogens is 1180 g/mol. The smallest absolute Gasteiger partial charge is 0.461 e. The Kier molecular flexibility index (Phi) is 24.0. The van der Waals surface area contributed by atoms with E-state index in [0.717, 1.165) is 48.5 Å². The van der Waals surface area contributed by atoms with Gasteiger partial charge in [0.25, 0.3) is 0 Å². The van der Waals surface area contributed by atoms with Crippen molar-refractivity contribution in [1.82, 2.24) is 5.32 Å². The number of carbonyl (C=O) groups excluding carboxylic acids is 1. The van der Waals surface area contributed by atoms with Gasteiger partial charge in [-0.05, 0) is 116 Å². The molecule has 0 saturated carbocycles. The van der Waals surface area contributed by atoms with Gasteiger partial charge < -0.3 is 35.1 Å². The average Bonchev–Trinajstić information content (AvgIpc) is 3.54. The van der Waals surface area contributed by atoms with Crippen LogP contribution in [0, 0.1) is 23.3 Å². The Bertz CT molecular complexity index is 3130. The molecule has 0 spiro atoms. The van der Waals surface area contributed by atoms with Crippen LogP contribution >= 0.6 is 0 Å². The number of carboxylic acid groups (broad SMARTS) is 1. The second kappa shape index (κ2) is 29.3. The first kappa shape index (κ1) is 69.7. The summed E-state index contributed by atoms with van der Waals surface area (Å²) in [7, 11) is 0. The molecule has 0 fully saturated rings. The molecule has 9 nitrogen and oxygen atoms in total. The van der Waals surface area contributed by atoms with Crippen LogP contribution in [-0.4, -0.2) is 66.6 Å². The van der Waals surface area contributed by atoms with E-state index in [1.807, 2.05) is 0 Å². The molecule has 0 heterocycles. The summed E-state index contributed by atoms with van der Waals surface area (Å²) in [6, 6.07) is 28.2. The Hall–Kier alpha value is -7.84. The molecule has 27 heteroatoms. The second-order valence-electron chi connectivity index (χ2n) is 19.3. The number of nitrogens with one attached hydrogen (secondary N) is 1. The molecule has 6 rings (SSSR count). The highest BCUT2D eigenvalue weighted by molar-refractivity contribution is 5.78. The first-order valence-corrected chi connectivity index (χ1v) is 25.1. The van der Waals surface area contributed by atoms with E-state index in [0.29, 0.717) is 23.3 Å². The number of ether oxygens (including phenoxy) is 4. The molecule has 85 heavy (non-hydrogen) atoms. The van der Waals surface area contributed by atoms with Gasteiger partial charge in [-0.15, -0.1) is 0 Å². The quantitative estimate of drug-likeness (QED) is 0.0541. The first-order chi connectivity index (χ1) is 39.3. The number of hydrogen-bond donors (Lipinski definition) is 3. The van der Waals surface area contributed by atoms with E-state index < -0.39 is 127 Å². The molecule has 464 valence electrons. The molecule has 0 unspecified atom stereocenters. The van der Waals surface area contributed by atoms with E-state index in [-0.39, 0.29) is 52.7 Å². The molecule has 0 aliphatic carbocycles. The van der Waals surface area contributed by atoms with Gasteiger partial charge >= 0.3 is 43.4 Å². The summed E-state index contributed by atoms with van der Waals surface area (Å²) >= 11 is 0. The maximum Gasteiger partial charge on any atom is 0.461 e. The molecule has 0 aliphatic heterocycles. The van der Waals surface area contributed by atoms with Crippen molar-refractivity contribution in [3.63, 3.8) is 0 Å². The summed E-state index contributed by atoms with van der Waals surface area (Å²) in [5.74, 6) is -8.70. The number of nitrogens with two attached hydrogens (primary N) is 1. The number of aliphatic carboxylic acids is 1. The highest BCUT2D eigenvalue weighted by Crippen LogP contribution is 2.41. The van der Waals surface area contributed by atoms with E-state index in [4.69, 9.17) is 20.3 Å². The largest absolute Gasteiger partial charge is 0.488 e. The normalized spacial score (nSPS) is 13.4. The molecular formula is C58H54F18N2O7. The van der Waals surface area contributed by atoms with E-state index in [1.54, 1.807) is 88.4 Å². The maximum atomic E-state index is 14.9. The lowest BCUT2D eigenvalue weighted by molar-refractivity contribution is -0.253. The van der Waals surface area contributed by atoms with Crippen molar-refractivity contribution in [2.45, 2.75) is 127 Å². The van der Waals surface area contributed by atoms with Gasteiger partial charge in [0.1, 0.15) is 23.1 Å². The van der Waals surface area contributed by atoms with E-state index in [2.05, 4.69) is 14.8 Å². The molecule has 1 amide bonds. The van der Waals surface area contributed by atoms with Gasteiger partial charge in [0.05, 0.1) is 42.5 Å². The highest BCUT2D eigenvalue weighted by Gasteiger charge is 2.46. The molecule has 6 aromatic carbocycles. The molecule has 0 aromatic heterocycles. The molecule has 0 saturated heterocycles. The summed E-state index contributed by atoms with van der Waals surface area (Å²) in [4.78, 5) is 22.5. The van der Waals surface area contributed by atoms with Crippen LogP contribution in [0.4, 0.5) is 79.0 Å². The predicted molar refractivity (Wildman–Crippen MR) is 273 cm³/mol. The number of hydrogen-bond acceptors (Lipinski definition) is 7. The standard InChI is InChI=1S/C29H26F9NO3.C25H23F6NO2.C4H5F3O2/c1-17(2)41-24-14-19(8-9-23(24)31)27(16-18-6-4-3-5-7-18,39-25(40)10-11-28(34,35)36)20-12-21(30)15-22(13-20)42-29(37,38)26(32)33;1-15(2)33-22-12-17(8-9-21(22)27)24(32,14-16-6-4-3-5-7-16)18-10-19(26)13-20(11-18)34-25(30,31)23(28)29;5-4(6,7)2-1-3(8)9/h3-9,12-15,17,26H,10-11,16H2,1-2H3,(H,39,40);3-13,15,23H,14,32H2,1-2H3;1-2H2,(H,8,9)/t27-;24-;/m11./s1. The number of alkyl halides is 14. The fourth-order valence-electron chi connectivity index (χ4n) is 7.94. The van der Waals surface area contributed by atoms with Crippen molar-refractivity contribution in [1.29, 1.82) is 0 Å². The molecule has 6 aromatic rings. The molecule has 0 radical (unpaired) electrons. The lowest BCUT2D eigenvalue weighted by atomic mass is 9.77. The first-order valence-electron chi connectivity index (χ1n) is 25.1. The topological polar surface area (TPSA) is 129 Å².